The van der Waals surface area contributed by atoms with Crippen LogP contribution in [0.2, 0.25) is 0 Å². The third-order valence-corrected chi connectivity index (χ3v) is 5.15. The first-order chi connectivity index (χ1) is 11.5. The molecule has 4 rings (SSSR count). The van der Waals surface area contributed by atoms with E-state index in [1.807, 2.05) is 30.3 Å². The monoisotopic (exact) mass is 341 g/mol. The van der Waals surface area contributed by atoms with Crippen molar-refractivity contribution in [3.63, 3.8) is 0 Å². The maximum atomic E-state index is 11.3. The standard InChI is InChI=1S/C17H15N3O3S/c18-24(21,22)13-8-6-11(7-9-13)14-10-15(14)17-19-16(20-23-17)12-4-2-1-3-5-12/h1-9,14-15H,10H2,(H2,18,21,22)/t14-,15+/m0/s1. The lowest BCUT2D eigenvalue weighted by molar-refractivity contribution is 0.378. The number of nitrogens with two attached hydrogens (primary N) is 1. The summed E-state index contributed by atoms with van der Waals surface area (Å²) in [6.45, 7) is 0. The number of primary sulfonamides is 1. The minimum Gasteiger partial charge on any atom is -0.339 e. The van der Waals surface area contributed by atoms with Crippen LogP contribution in [0.1, 0.15) is 29.7 Å². The first kappa shape index (κ1) is 15.0. The van der Waals surface area contributed by atoms with Crippen molar-refractivity contribution in [2.75, 3.05) is 0 Å². The van der Waals surface area contributed by atoms with E-state index >= 15 is 0 Å². The van der Waals surface area contributed by atoms with E-state index in [4.69, 9.17) is 9.66 Å². The van der Waals surface area contributed by atoms with E-state index in [1.165, 1.54) is 12.1 Å². The van der Waals surface area contributed by atoms with Gasteiger partial charge < -0.3 is 4.52 Å². The van der Waals surface area contributed by atoms with Gasteiger partial charge in [0.05, 0.1) is 4.90 Å². The lowest BCUT2D eigenvalue weighted by Gasteiger charge is -2.01. The number of benzene rings is 2. The summed E-state index contributed by atoms with van der Waals surface area (Å²) in [5.74, 6) is 1.65. The third kappa shape index (κ3) is 2.83. The topological polar surface area (TPSA) is 99.1 Å². The van der Waals surface area contributed by atoms with Crippen molar-refractivity contribution in [2.24, 2.45) is 5.14 Å². The van der Waals surface area contributed by atoms with E-state index in [9.17, 15) is 8.42 Å². The van der Waals surface area contributed by atoms with E-state index in [0.29, 0.717) is 11.7 Å². The van der Waals surface area contributed by atoms with E-state index in [-0.39, 0.29) is 16.7 Å². The van der Waals surface area contributed by atoms with Crippen molar-refractivity contribution in [3.05, 3.63) is 66.1 Å². The Morgan fingerprint density at radius 1 is 1.00 bits per heavy atom. The van der Waals surface area contributed by atoms with Crippen LogP contribution in [0, 0.1) is 0 Å². The quantitative estimate of drug-likeness (QED) is 0.786. The van der Waals surface area contributed by atoms with Crippen LogP contribution in [-0.4, -0.2) is 18.6 Å². The van der Waals surface area contributed by atoms with E-state index < -0.39 is 10.0 Å². The normalized spacial score (nSPS) is 20.0. The van der Waals surface area contributed by atoms with Crippen molar-refractivity contribution >= 4 is 10.0 Å². The average molecular weight is 341 g/mol. The second-order valence-electron chi connectivity index (χ2n) is 5.88. The molecule has 24 heavy (non-hydrogen) atoms. The summed E-state index contributed by atoms with van der Waals surface area (Å²) in [5.41, 5.74) is 1.97. The molecule has 0 radical (unpaired) electrons. The SMILES string of the molecule is NS(=O)(=O)c1ccc([C@@H]2C[C@H]2c2nc(-c3ccccc3)no2)cc1. The number of hydrogen-bond acceptors (Lipinski definition) is 5. The van der Waals surface area contributed by atoms with Gasteiger partial charge in [0.15, 0.2) is 0 Å². The summed E-state index contributed by atoms with van der Waals surface area (Å²) < 4.78 is 28.0. The van der Waals surface area contributed by atoms with Gasteiger partial charge in [-0.05, 0) is 30.0 Å². The highest BCUT2D eigenvalue weighted by molar-refractivity contribution is 7.89. The fourth-order valence-electron chi connectivity index (χ4n) is 2.83. The Balaban J connectivity index is 1.52. The molecule has 0 saturated heterocycles. The molecular formula is C17H15N3O3S. The molecule has 1 aliphatic carbocycles. The molecule has 0 amide bonds. The van der Waals surface area contributed by atoms with Crippen molar-refractivity contribution in [2.45, 2.75) is 23.2 Å². The Kier molecular flexibility index (Phi) is 3.47. The molecule has 122 valence electrons. The van der Waals surface area contributed by atoms with Gasteiger partial charge >= 0.3 is 0 Å². The molecule has 3 aromatic rings. The predicted molar refractivity (Wildman–Crippen MR) is 87.6 cm³/mol. The highest BCUT2D eigenvalue weighted by Gasteiger charge is 2.43. The van der Waals surface area contributed by atoms with Gasteiger partial charge in [-0.2, -0.15) is 4.98 Å². The van der Waals surface area contributed by atoms with Crippen LogP contribution < -0.4 is 5.14 Å². The maximum Gasteiger partial charge on any atom is 0.238 e. The van der Waals surface area contributed by atoms with Gasteiger partial charge in [-0.1, -0.05) is 47.6 Å². The second kappa shape index (κ2) is 5.54. The molecule has 7 heteroatoms. The molecule has 1 aliphatic rings. The molecule has 2 atom stereocenters. The van der Waals surface area contributed by atoms with Crippen molar-refractivity contribution in [3.8, 4) is 11.4 Å². The van der Waals surface area contributed by atoms with E-state index in [2.05, 4.69) is 10.1 Å². The largest absolute Gasteiger partial charge is 0.339 e. The van der Waals surface area contributed by atoms with Crippen LogP contribution in [-0.2, 0) is 10.0 Å². The lowest BCUT2D eigenvalue weighted by Crippen LogP contribution is -2.11. The maximum absolute atomic E-state index is 11.3. The fourth-order valence-corrected chi connectivity index (χ4v) is 3.35. The molecule has 1 saturated carbocycles. The zero-order chi connectivity index (χ0) is 16.7. The number of hydrogen-bond donors (Lipinski definition) is 1. The summed E-state index contributed by atoms with van der Waals surface area (Å²) in [7, 11) is -3.66. The van der Waals surface area contributed by atoms with Gasteiger partial charge in [-0.15, -0.1) is 0 Å². The number of rotatable bonds is 4. The van der Waals surface area contributed by atoms with Gasteiger partial charge in [0.1, 0.15) is 0 Å². The molecular weight excluding hydrogens is 326 g/mol. The molecule has 0 unspecified atom stereocenters. The molecule has 1 heterocycles. The highest BCUT2D eigenvalue weighted by atomic mass is 32.2. The molecule has 0 spiro atoms. The van der Waals surface area contributed by atoms with Crippen LogP contribution in [0.15, 0.2) is 64.0 Å². The Hall–Kier alpha value is -2.51. The fraction of sp³-hybridized carbons (Fsp3) is 0.176. The number of aromatic nitrogens is 2. The minimum absolute atomic E-state index is 0.118. The molecule has 2 aromatic carbocycles. The van der Waals surface area contributed by atoms with E-state index in [0.717, 1.165) is 17.5 Å². The number of sulfonamides is 1. The summed E-state index contributed by atoms with van der Waals surface area (Å²) in [6.07, 6.45) is 0.908. The molecule has 1 aromatic heterocycles. The Morgan fingerprint density at radius 3 is 2.38 bits per heavy atom. The zero-order valence-corrected chi connectivity index (χ0v) is 13.5. The summed E-state index contributed by atoms with van der Waals surface area (Å²) >= 11 is 0. The van der Waals surface area contributed by atoms with Gasteiger partial charge in [0.25, 0.3) is 0 Å². The molecule has 1 fully saturated rings. The van der Waals surface area contributed by atoms with Crippen LogP contribution in [0.5, 0.6) is 0 Å². The van der Waals surface area contributed by atoms with Crippen molar-refractivity contribution in [1.29, 1.82) is 0 Å². The Bertz CT molecular complexity index is 966. The molecule has 0 aliphatic heterocycles. The van der Waals surface area contributed by atoms with E-state index in [1.54, 1.807) is 12.1 Å². The smallest absolute Gasteiger partial charge is 0.238 e. The zero-order valence-electron chi connectivity index (χ0n) is 12.7. The van der Waals surface area contributed by atoms with Gasteiger partial charge in [-0.3, -0.25) is 0 Å². The Morgan fingerprint density at radius 2 is 1.71 bits per heavy atom. The van der Waals surface area contributed by atoms with Crippen molar-refractivity contribution < 1.29 is 12.9 Å². The first-order valence-electron chi connectivity index (χ1n) is 7.54. The van der Waals surface area contributed by atoms with Crippen LogP contribution in [0.3, 0.4) is 0 Å². The minimum atomic E-state index is -3.66. The van der Waals surface area contributed by atoms with Crippen LogP contribution in [0.25, 0.3) is 11.4 Å². The number of nitrogens with zero attached hydrogens (tertiary/aromatic N) is 2. The Labute approximate surface area is 139 Å². The molecule has 6 nitrogen and oxygen atoms in total. The first-order valence-corrected chi connectivity index (χ1v) is 9.09. The second-order valence-corrected chi connectivity index (χ2v) is 7.45. The third-order valence-electron chi connectivity index (χ3n) is 4.22. The molecule has 2 N–H and O–H groups in total. The summed E-state index contributed by atoms with van der Waals surface area (Å²) in [4.78, 5) is 4.60. The predicted octanol–water partition coefficient (Wildman–Crippen LogP) is 2.66. The summed E-state index contributed by atoms with van der Waals surface area (Å²) in [6, 6.07) is 16.3. The average Bonchev–Trinajstić information content (AvgIpc) is 3.23. The van der Waals surface area contributed by atoms with Crippen LogP contribution in [0.4, 0.5) is 0 Å². The van der Waals surface area contributed by atoms with Gasteiger partial charge in [0.2, 0.25) is 21.7 Å². The van der Waals surface area contributed by atoms with Gasteiger partial charge in [0, 0.05) is 11.5 Å². The molecule has 0 bridgehead atoms. The van der Waals surface area contributed by atoms with Gasteiger partial charge in [-0.25, -0.2) is 13.6 Å². The summed E-state index contributed by atoms with van der Waals surface area (Å²) in [5, 5.41) is 9.15. The van der Waals surface area contributed by atoms with Crippen LogP contribution >= 0.6 is 0 Å². The lowest BCUT2D eigenvalue weighted by atomic mass is 10.1. The highest BCUT2D eigenvalue weighted by Crippen LogP contribution is 2.54. The van der Waals surface area contributed by atoms with Crippen molar-refractivity contribution in [1.82, 2.24) is 10.1 Å².